The fourth-order valence-corrected chi connectivity index (χ4v) is 7.36. The van der Waals surface area contributed by atoms with E-state index in [4.69, 9.17) is 4.74 Å². The zero-order valence-electron chi connectivity index (χ0n) is 18.3. The van der Waals surface area contributed by atoms with Gasteiger partial charge in [0.15, 0.2) is 12.4 Å². The third-order valence-corrected chi connectivity index (χ3v) is 10.2. The number of hydrogen-bond donors (Lipinski definition) is 0. The van der Waals surface area contributed by atoms with Crippen LogP contribution < -0.4 is 0 Å². The predicted molar refractivity (Wildman–Crippen MR) is 126 cm³/mol. The number of esters is 1. The summed E-state index contributed by atoms with van der Waals surface area (Å²) in [5, 5.41) is 0. The van der Waals surface area contributed by atoms with E-state index in [9.17, 15) is 19.2 Å². The highest BCUT2D eigenvalue weighted by atomic mass is 79.9. The largest absolute Gasteiger partial charge is 0.456 e. The van der Waals surface area contributed by atoms with Gasteiger partial charge in [0.2, 0.25) is 11.8 Å². The number of rotatable bonds is 7. The molecule has 0 N–H and O–H groups in total. The summed E-state index contributed by atoms with van der Waals surface area (Å²) in [5.74, 6) is -2.12. The number of imide groups is 1. The van der Waals surface area contributed by atoms with Gasteiger partial charge in [0, 0.05) is 15.2 Å². The Morgan fingerprint density at radius 1 is 1.03 bits per heavy atom. The number of alkyl halides is 2. The number of carbonyl (C=O) groups excluding carboxylic acids is 4. The van der Waals surface area contributed by atoms with Crippen molar-refractivity contribution in [1.82, 2.24) is 4.90 Å². The van der Waals surface area contributed by atoms with E-state index in [2.05, 4.69) is 31.9 Å². The van der Waals surface area contributed by atoms with Gasteiger partial charge in [-0.1, -0.05) is 75.5 Å². The Morgan fingerprint density at radius 3 is 2.06 bits per heavy atom. The molecule has 7 atom stereocenters. The summed E-state index contributed by atoms with van der Waals surface area (Å²) in [5.41, 5.74) is 1.48. The highest BCUT2D eigenvalue weighted by Gasteiger charge is 2.67. The number of hydrogen-bond acceptors (Lipinski definition) is 5. The van der Waals surface area contributed by atoms with Crippen molar-refractivity contribution in [2.45, 2.75) is 49.3 Å². The van der Waals surface area contributed by atoms with Crippen LogP contribution in [0, 0.1) is 36.5 Å². The molecule has 0 spiro atoms. The maximum Gasteiger partial charge on any atom is 0.329 e. The van der Waals surface area contributed by atoms with Crippen molar-refractivity contribution in [3.63, 3.8) is 0 Å². The molecule has 3 aliphatic rings. The van der Waals surface area contributed by atoms with Crippen LogP contribution in [0.15, 0.2) is 24.3 Å². The molecule has 32 heavy (non-hydrogen) atoms. The fraction of sp³-hybridized carbons (Fsp3) is 0.583. The molecular weight excluding hydrogens is 542 g/mol. The predicted octanol–water partition coefficient (Wildman–Crippen LogP) is 3.91. The van der Waals surface area contributed by atoms with E-state index in [1.54, 1.807) is 12.1 Å². The standard InChI is InChI=1S/C24H27Br2NO5/c1-11(2)8-16(24(31)32-10-17(28)13-6-4-12(3)5-7-13)27-22(29)18-14-9-15(19(18)23(27)30)21(26)20(14)25/h4-7,11,14-16,18-21H,8-10H2,1-3H3/t14-,15-,16+,18-,19-,20+,21+/m1/s1. The van der Waals surface area contributed by atoms with E-state index < -0.39 is 18.6 Å². The third kappa shape index (κ3) is 3.98. The first kappa shape index (κ1) is 23.6. The second kappa shape index (κ2) is 9.01. The zero-order valence-corrected chi connectivity index (χ0v) is 21.5. The normalized spacial score (nSPS) is 31.9. The van der Waals surface area contributed by atoms with Gasteiger partial charge < -0.3 is 4.74 Å². The molecule has 2 bridgehead atoms. The number of fused-ring (bicyclic) bond motifs is 5. The Labute approximate surface area is 204 Å². The van der Waals surface area contributed by atoms with E-state index in [1.807, 2.05) is 32.9 Å². The van der Waals surface area contributed by atoms with E-state index in [0.29, 0.717) is 12.0 Å². The van der Waals surface area contributed by atoms with Gasteiger partial charge in [-0.05, 0) is 37.5 Å². The van der Waals surface area contributed by atoms with Crippen LogP contribution >= 0.6 is 31.9 Å². The quantitative estimate of drug-likeness (QED) is 0.216. The summed E-state index contributed by atoms with van der Waals surface area (Å²) in [6.07, 6.45) is 1.14. The minimum atomic E-state index is -1.01. The van der Waals surface area contributed by atoms with E-state index in [1.165, 1.54) is 0 Å². The summed E-state index contributed by atoms with van der Waals surface area (Å²) >= 11 is 7.36. The summed E-state index contributed by atoms with van der Waals surface area (Å²) < 4.78 is 5.34. The van der Waals surface area contributed by atoms with Gasteiger partial charge in [0.25, 0.3) is 0 Å². The second-order valence-corrected chi connectivity index (χ2v) is 11.7. The summed E-state index contributed by atoms with van der Waals surface area (Å²) in [6, 6.07) is 6.01. The molecule has 2 saturated carbocycles. The molecule has 0 radical (unpaired) electrons. The third-order valence-electron chi connectivity index (χ3n) is 7.02. The van der Waals surface area contributed by atoms with Gasteiger partial charge in [-0.3, -0.25) is 19.3 Å². The van der Waals surface area contributed by atoms with E-state index >= 15 is 0 Å². The molecular formula is C24H27Br2NO5. The van der Waals surface area contributed by atoms with Crippen molar-refractivity contribution < 1.29 is 23.9 Å². The average molecular weight is 569 g/mol. The second-order valence-electron chi connectivity index (χ2n) is 9.59. The van der Waals surface area contributed by atoms with Crippen LogP contribution in [0.25, 0.3) is 0 Å². The smallest absolute Gasteiger partial charge is 0.329 e. The van der Waals surface area contributed by atoms with E-state index in [0.717, 1.165) is 16.9 Å². The van der Waals surface area contributed by atoms with Gasteiger partial charge >= 0.3 is 5.97 Å². The molecule has 4 rings (SSSR count). The Hall–Kier alpha value is -1.54. The molecule has 3 fully saturated rings. The number of amides is 2. The minimum Gasteiger partial charge on any atom is -0.456 e. The van der Waals surface area contributed by atoms with Gasteiger partial charge in [0.05, 0.1) is 11.8 Å². The highest BCUT2D eigenvalue weighted by Crippen LogP contribution is 2.60. The molecule has 8 heteroatoms. The minimum absolute atomic E-state index is 0.0611. The van der Waals surface area contributed by atoms with Crippen LogP contribution in [0.2, 0.25) is 0 Å². The lowest BCUT2D eigenvalue weighted by molar-refractivity contribution is -0.159. The number of likely N-dealkylation sites (tertiary alicyclic amines) is 1. The molecule has 0 unspecified atom stereocenters. The molecule has 6 nitrogen and oxygen atoms in total. The number of halogens is 2. The van der Waals surface area contributed by atoms with Crippen LogP contribution in [0.1, 0.15) is 42.6 Å². The number of ether oxygens (including phenoxy) is 1. The Morgan fingerprint density at radius 2 is 1.56 bits per heavy atom. The Balaban J connectivity index is 1.50. The summed E-state index contributed by atoms with van der Waals surface area (Å²) in [4.78, 5) is 53.6. The van der Waals surface area contributed by atoms with Crippen molar-refractivity contribution in [2.24, 2.45) is 29.6 Å². The number of aryl methyl sites for hydroxylation is 1. The molecule has 1 aromatic carbocycles. The average Bonchev–Trinajstić information content (AvgIpc) is 3.35. The van der Waals surface area contributed by atoms with Crippen molar-refractivity contribution in [2.75, 3.05) is 6.61 Å². The first-order chi connectivity index (χ1) is 15.1. The van der Waals surface area contributed by atoms with Crippen molar-refractivity contribution in [3.05, 3.63) is 35.4 Å². The Kier molecular flexibility index (Phi) is 6.65. The van der Waals surface area contributed by atoms with Gasteiger partial charge in [-0.2, -0.15) is 0 Å². The first-order valence-electron chi connectivity index (χ1n) is 11.0. The molecule has 1 heterocycles. The van der Waals surface area contributed by atoms with Crippen molar-refractivity contribution >= 4 is 55.4 Å². The monoisotopic (exact) mass is 567 g/mol. The van der Waals surface area contributed by atoms with Gasteiger partial charge in [-0.15, -0.1) is 0 Å². The van der Waals surface area contributed by atoms with Crippen molar-refractivity contribution in [3.8, 4) is 0 Å². The number of ketones is 1. The number of benzene rings is 1. The van der Waals surface area contributed by atoms with Gasteiger partial charge in [-0.25, -0.2) is 4.79 Å². The summed E-state index contributed by atoms with van der Waals surface area (Å²) in [7, 11) is 0. The van der Waals surface area contributed by atoms with Crippen LogP contribution in [0.5, 0.6) is 0 Å². The number of Topliss-reactive ketones (excluding diaryl/α,β-unsaturated/α-hetero) is 1. The van der Waals surface area contributed by atoms with Gasteiger partial charge in [0.1, 0.15) is 6.04 Å². The molecule has 172 valence electrons. The first-order valence-corrected chi connectivity index (χ1v) is 12.9. The van der Waals surface area contributed by atoms with Crippen LogP contribution in [0.4, 0.5) is 0 Å². The molecule has 2 aliphatic carbocycles. The summed E-state index contributed by atoms with van der Waals surface area (Å²) in [6.45, 7) is 5.36. The topological polar surface area (TPSA) is 80.8 Å². The van der Waals surface area contributed by atoms with Crippen LogP contribution in [-0.4, -0.2) is 50.8 Å². The van der Waals surface area contributed by atoms with Crippen molar-refractivity contribution in [1.29, 1.82) is 0 Å². The van der Waals surface area contributed by atoms with Crippen LogP contribution in [0.3, 0.4) is 0 Å². The molecule has 1 saturated heterocycles. The number of nitrogens with zero attached hydrogens (tertiary/aromatic N) is 1. The molecule has 2 amide bonds. The highest BCUT2D eigenvalue weighted by molar-refractivity contribution is 9.12. The maximum atomic E-state index is 13.4. The lowest BCUT2D eigenvalue weighted by Crippen LogP contribution is -2.48. The molecule has 1 aliphatic heterocycles. The fourth-order valence-electron chi connectivity index (χ4n) is 5.49. The SMILES string of the molecule is Cc1ccc(C(=O)COC(=O)[C@H](CC(C)C)N2C(=O)[C@@H]3[C@H]4C[C@@H]([C@H](Br)[C@H]4Br)[C@H]3C2=O)cc1. The molecule has 1 aromatic rings. The zero-order chi connectivity index (χ0) is 23.3. The maximum absolute atomic E-state index is 13.4. The van der Waals surface area contributed by atoms with Crippen LogP contribution in [-0.2, 0) is 19.1 Å². The molecule has 0 aromatic heterocycles. The Bertz CT molecular complexity index is 914. The number of carbonyl (C=O) groups is 4. The lowest BCUT2D eigenvalue weighted by Gasteiger charge is -2.28. The van der Waals surface area contributed by atoms with E-state index in [-0.39, 0.29) is 56.8 Å². The lowest BCUT2D eigenvalue weighted by atomic mass is 9.81.